The normalized spacial score (nSPS) is 21.3. The predicted octanol–water partition coefficient (Wildman–Crippen LogP) is 2.36. The van der Waals surface area contributed by atoms with Crippen LogP contribution in [0.25, 0.3) is 0 Å². The lowest BCUT2D eigenvalue weighted by Gasteiger charge is -2.22. The number of nitrogens with zero attached hydrogens (tertiary/aromatic N) is 3. The number of nitrogens with one attached hydrogen (secondary N) is 2. The van der Waals surface area contributed by atoms with Gasteiger partial charge >= 0.3 is 0 Å². The Morgan fingerprint density at radius 1 is 1.45 bits per heavy atom. The number of aromatic nitrogens is 3. The van der Waals surface area contributed by atoms with Gasteiger partial charge in [0.05, 0.1) is 11.8 Å². The molecule has 0 bridgehead atoms. The van der Waals surface area contributed by atoms with E-state index in [9.17, 15) is 10.1 Å². The summed E-state index contributed by atoms with van der Waals surface area (Å²) < 4.78 is 0. The molecule has 0 spiro atoms. The van der Waals surface area contributed by atoms with E-state index in [1.807, 2.05) is 0 Å². The van der Waals surface area contributed by atoms with Crippen LogP contribution in [0.4, 0.5) is 0 Å². The van der Waals surface area contributed by atoms with E-state index in [1.165, 1.54) is 37.4 Å². The van der Waals surface area contributed by atoms with Crippen molar-refractivity contribution in [2.24, 2.45) is 5.92 Å². The van der Waals surface area contributed by atoms with E-state index in [-0.39, 0.29) is 11.7 Å². The van der Waals surface area contributed by atoms with Crippen LogP contribution in [-0.4, -0.2) is 32.4 Å². The van der Waals surface area contributed by atoms with E-state index in [4.69, 9.17) is 0 Å². The van der Waals surface area contributed by atoms with Crippen molar-refractivity contribution in [1.82, 2.24) is 20.5 Å². The average Bonchev–Trinajstić information content (AvgIpc) is 3.04. The Morgan fingerprint density at radius 3 is 2.82 bits per heavy atom. The lowest BCUT2D eigenvalue weighted by atomic mass is 9.98. The molecule has 0 radical (unpaired) electrons. The van der Waals surface area contributed by atoms with Gasteiger partial charge in [-0.1, -0.05) is 24.6 Å². The first-order valence-corrected chi connectivity index (χ1v) is 8.86. The Hall–Kier alpha value is -1.55. The summed E-state index contributed by atoms with van der Waals surface area (Å²) in [6.07, 6.45) is 6.88. The molecule has 2 fully saturated rings. The summed E-state index contributed by atoms with van der Waals surface area (Å²) in [6, 6.07) is 2.23. The van der Waals surface area contributed by atoms with Gasteiger partial charge in [-0.15, -0.1) is 5.10 Å². The minimum absolute atomic E-state index is 0.131. The first kappa shape index (κ1) is 15.3. The second kappa shape index (κ2) is 6.29. The molecule has 6 nitrogen and oxygen atoms in total. The molecule has 1 amide bonds. The van der Waals surface area contributed by atoms with Crippen LogP contribution in [0.3, 0.4) is 0 Å². The molecule has 1 unspecified atom stereocenters. The SMILES string of the molecule is CC(C#N)(NC(=O)CSc1n[nH]c(C2CCCC2)n1)C1CC1. The largest absolute Gasteiger partial charge is 0.337 e. The van der Waals surface area contributed by atoms with Crippen LogP contribution in [0.5, 0.6) is 0 Å². The number of aromatic amines is 1. The van der Waals surface area contributed by atoms with Crippen molar-refractivity contribution in [3.8, 4) is 6.07 Å². The Morgan fingerprint density at radius 2 is 2.18 bits per heavy atom. The maximum atomic E-state index is 12.0. The van der Waals surface area contributed by atoms with E-state index < -0.39 is 5.54 Å². The maximum absolute atomic E-state index is 12.0. The Labute approximate surface area is 134 Å². The van der Waals surface area contributed by atoms with Crippen molar-refractivity contribution in [2.75, 3.05) is 5.75 Å². The van der Waals surface area contributed by atoms with Gasteiger partial charge in [-0.2, -0.15) is 5.26 Å². The van der Waals surface area contributed by atoms with E-state index >= 15 is 0 Å². The number of hydrogen-bond acceptors (Lipinski definition) is 5. The highest BCUT2D eigenvalue weighted by Crippen LogP contribution is 2.39. The molecule has 2 aliphatic rings. The minimum Gasteiger partial charge on any atom is -0.337 e. The monoisotopic (exact) mass is 319 g/mol. The van der Waals surface area contributed by atoms with E-state index in [0.717, 1.165) is 18.7 Å². The average molecular weight is 319 g/mol. The zero-order chi connectivity index (χ0) is 15.6. The third-order valence-electron chi connectivity index (χ3n) is 4.58. The molecule has 0 aliphatic heterocycles. The molecule has 2 N–H and O–H groups in total. The van der Waals surface area contributed by atoms with Crippen molar-refractivity contribution in [2.45, 2.75) is 62.1 Å². The van der Waals surface area contributed by atoms with E-state index in [1.54, 1.807) is 6.92 Å². The standard InChI is InChI=1S/C15H21N5OS/c1-15(9-16,11-6-7-11)18-12(21)8-22-14-17-13(19-20-14)10-4-2-3-5-10/h10-11H,2-8H2,1H3,(H,18,21)(H,17,19,20). The second-order valence-corrected chi connectivity index (χ2v) is 7.35. The molecule has 0 aromatic carbocycles. The van der Waals surface area contributed by atoms with Gasteiger partial charge in [-0.3, -0.25) is 9.89 Å². The molecular weight excluding hydrogens is 298 g/mol. The molecule has 1 aromatic rings. The molecule has 1 aromatic heterocycles. The van der Waals surface area contributed by atoms with Crippen LogP contribution in [-0.2, 0) is 4.79 Å². The highest BCUT2D eigenvalue weighted by Gasteiger charge is 2.42. The van der Waals surface area contributed by atoms with Crippen LogP contribution in [0.15, 0.2) is 5.16 Å². The van der Waals surface area contributed by atoms with Crippen molar-refractivity contribution in [3.05, 3.63) is 5.82 Å². The zero-order valence-corrected chi connectivity index (χ0v) is 13.6. The number of carbonyl (C=O) groups is 1. The van der Waals surface area contributed by atoms with Gasteiger partial charge in [-0.05, 0) is 38.5 Å². The summed E-state index contributed by atoms with van der Waals surface area (Å²) in [5, 5.41) is 19.9. The quantitative estimate of drug-likeness (QED) is 0.785. The number of thioether (sulfide) groups is 1. The molecule has 22 heavy (non-hydrogen) atoms. The fraction of sp³-hybridized carbons (Fsp3) is 0.733. The zero-order valence-electron chi connectivity index (χ0n) is 12.8. The molecule has 0 saturated heterocycles. The summed E-state index contributed by atoms with van der Waals surface area (Å²) in [5.74, 6) is 1.84. The van der Waals surface area contributed by atoms with Gasteiger partial charge in [0.1, 0.15) is 11.4 Å². The Balaban J connectivity index is 1.49. The summed E-state index contributed by atoms with van der Waals surface area (Å²) in [4.78, 5) is 16.5. The van der Waals surface area contributed by atoms with Crippen LogP contribution < -0.4 is 5.32 Å². The lowest BCUT2D eigenvalue weighted by Crippen LogP contribution is -2.47. The Bertz CT molecular complexity index is 585. The third-order valence-corrected chi connectivity index (χ3v) is 5.43. The first-order valence-electron chi connectivity index (χ1n) is 7.88. The summed E-state index contributed by atoms with van der Waals surface area (Å²) in [5.41, 5.74) is -0.731. The van der Waals surface area contributed by atoms with Crippen molar-refractivity contribution in [1.29, 1.82) is 5.26 Å². The Kier molecular flexibility index (Phi) is 4.39. The van der Waals surface area contributed by atoms with Gasteiger partial charge in [0, 0.05) is 5.92 Å². The van der Waals surface area contributed by atoms with Gasteiger partial charge < -0.3 is 5.32 Å². The van der Waals surface area contributed by atoms with E-state index in [2.05, 4.69) is 26.6 Å². The molecule has 2 saturated carbocycles. The van der Waals surface area contributed by atoms with Crippen LogP contribution in [0, 0.1) is 17.2 Å². The number of carbonyl (C=O) groups excluding carboxylic acids is 1. The number of H-pyrrole nitrogens is 1. The third kappa shape index (κ3) is 3.43. The molecule has 1 heterocycles. The molecule has 3 rings (SSSR count). The van der Waals surface area contributed by atoms with Crippen LogP contribution >= 0.6 is 11.8 Å². The second-order valence-electron chi connectivity index (χ2n) is 6.41. The van der Waals surface area contributed by atoms with Crippen LogP contribution in [0.2, 0.25) is 0 Å². The van der Waals surface area contributed by atoms with Gasteiger partial charge in [0.25, 0.3) is 0 Å². The molecule has 118 valence electrons. The topological polar surface area (TPSA) is 94.5 Å². The molecular formula is C15H21N5OS. The summed E-state index contributed by atoms with van der Waals surface area (Å²) >= 11 is 1.32. The highest BCUT2D eigenvalue weighted by molar-refractivity contribution is 7.99. The molecule has 2 aliphatic carbocycles. The van der Waals surface area contributed by atoms with E-state index in [0.29, 0.717) is 17.0 Å². The first-order chi connectivity index (χ1) is 10.6. The van der Waals surface area contributed by atoms with Crippen molar-refractivity contribution in [3.63, 3.8) is 0 Å². The molecule has 7 heteroatoms. The van der Waals surface area contributed by atoms with Gasteiger partial charge in [0.2, 0.25) is 11.1 Å². The lowest BCUT2D eigenvalue weighted by molar-refractivity contribution is -0.119. The van der Waals surface area contributed by atoms with Gasteiger partial charge in [0.15, 0.2) is 0 Å². The van der Waals surface area contributed by atoms with Crippen LogP contribution in [0.1, 0.15) is 57.2 Å². The van der Waals surface area contributed by atoms with Crippen molar-refractivity contribution >= 4 is 17.7 Å². The fourth-order valence-electron chi connectivity index (χ4n) is 3.04. The predicted molar refractivity (Wildman–Crippen MR) is 83.2 cm³/mol. The van der Waals surface area contributed by atoms with Crippen molar-refractivity contribution < 1.29 is 4.79 Å². The summed E-state index contributed by atoms with van der Waals surface area (Å²) in [7, 11) is 0. The smallest absolute Gasteiger partial charge is 0.231 e. The number of hydrogen-bond donors (Lipinski definition) is 2. The van der Waals surface area contributed by atoms with Gasteiger partial charge in [-0.25, -0.2) is 4.98 Å². The molecule has 1 atom stereocenters. The number of rotatable bonds is 6. The minimum atomic E-state index is -0.731. The maximum Gasteiger partial charge on any atom is 0.231 e. The summed E-state index contributed by atoms with van der Waals surface area (Å²) in [6.45, 7) is 1.80. The number of nitriles is 1. The fourth-order valence-corrected chi connectivity index (χ4v) is 3.65. The highest BCUT2D eigenvalue weighted by atomic mass is 32.2. The number of amides is 1.